The van der Waals surface area contributed by atoms with Crippen LogP contribution in [-0.2, 0) is 16.5 Å². The molecule has 2 aromatic carbocycles. The van der Waals surface area contributed by atoms with Gasteiger partial charge in [0.15, 0.2) is 0 Å². The van der Waals surface area contributed by atoms with Crippen LogP contribution in [0.25, 0.3) is 0 Å². The fraction of sp³-hybridized carbons (Fsp3) is 0.618. The molecule has 72 heavy (non-hydrogen) atoms. The Morgan fingerprint density at radius 3 is 1.24 bits per heavy atom. The van der Waals surface area contributed by atoms with Crippen LogP contribution in [0.1, 0.15) is 134 Å². The van der Waals surface area contributed by atoms with E-state index in [0.717, 1.165) is 55.6 Å². The topological polar surface area (TPSA) is 80.3 Å². The number of halogens is 4. The number of aryl methyl sites for hydroxylation is 1. The van der Waals surface area contributed by atoms with Gasteiger partial charge in [-0.1, -0.05) is 87.1 Å². The van der Waals surface area contributed by atoms with Crippen LogP contribution in [0, 0.1) is 18.8 Å². The van der Waals surface area contributed by atoms with E-state index in [0.29, 0.717) is 11.5 Å². The molecule has 7 nitrogen and oxygen atoms in total. The van der Waals surface area contributed by atoms with Crippen LogP contribution in [-0.4, -0.2) is 70.2 Å². The van der Waals surface area contributed by atoms with Gasteiger partial charge in [-0.15, -0.1) is 0 Å². The van der Waals surface area contributed by atoms with Gasteiger partial charge in [-0.25, -0.2) is 0 Å². The first-order chi connectivity index (χ1) is 31.9. The first-order valence-electron chi connectivity index (χ1n) is 25.5. The zero-order valence-corrected chi connectivity index (χ0v) is 55.5. The third-order valence-electron chi connectivity index (χ3n) is 11.5. The van der Waals surface area contributed by atoms with E-state index < -0.39 is 54.6 Å². The van der Waals surface area contributed by atoms with Crippen LogP contribution in [0.2, 0.25) is 78.6 Å². The molecular formula is C55H92BrF3MgO7SSi4. The number of unbranched alkanes of at least 4 members (excludes halogenated alkanes) is 4. The number of benzene rings is 2. The van der Waals surface area contributed by atoms with Gasteiger partial charge in [0.05, 0.1) is 0 Å². The Labute approximate surface area is 467 Å². The summed E-state index contributed by atoms with van der Waals surface area (Å²) in [5.74, 6) is 2.78. The number of hydrogen-bond donors (Lipinski definition) is 0. The molecule has 0 fully saturated rings. The predicted molar refractivity (Wildman–Crippen MR) is 306 cm³/mol. The molecule has 0 amide bonds. The van der Waals surface area contributed by atoms with Gasteiger partial charge < -0.3 is 45.8 Å². The average Bonchev–Trinajstić information content (AvgIpc) is 3.15. The number of rotatable bonds is 20. The van der Waals surface area contributed by atoms with Gasteiger partial charge in [0, 0.05) is 35.1 Å². The molecule has 0 spiro atoms. The Morgan fingerprint density at radius 1 is 0.639 bits per heavy atom. The third-order valence-corrected chi connectivity index (χ3v) is 15.8. The summed E-state index contributed by atoms with van der Waals surface area (Å²) in [5, 5.41) is 0. The predicted octanol–water partition coefficient (Wildman–Crippen LogP) is 14.9. The standard InChI is InChI=1S/C27H46O2Si2.C23H35F3O5SSi2.C5H11.BrH.Mg/c1-11-12-13-14-22-18-25(28-30(5,6)7)27(26(19-22)29-31(8,9)10)24-17-21(4)15-16-23(24)20(2)3;1-15(2)18-11-10-16(3)12-19(18)22-20(30-33(4,5)6)13-17(14-21(22)31-34(7,8)9)29-32(27,28)23(24,25)26;1-3-5-4-2;;/h17-19,23-24H,2,11-16H2,1,3-10H3;12-14,18-19H,1,10-11H2,2-9H3;1,3-5H2,2H3;1H;/q;;-1;;+2/p-1/t23-,24+;18-,19+;;;/m00.../s1. The summed E-state index contributed by atoms with van der Waals surface area (Å²) in [6.07, 6.45) is 17.1. The summed E-state index contributed by atoms with van der Waals surface area (Å²) in [4.78, 5) is 0. The first-order valence-corrected chi connectivity index (χ1v) is 40.5. The third kappa shape index (κ3) is 24.1. The van der Waals surface area contributed by atoms with Crippen molar-refractivity contribution in [2.24, 2.45) is 11.8 Å². The van der Waals surface area contributed by atoms with Gasteiger partial charge in [0.1, 0.15) is 28.7 Å². The molecule has 0 saturated carbocycles. The summed E-state index contributed by atoms with van der Waals surface area (Å²) in [6, 6.07) is 7.13. The Bertz CT molecular complexity index is 2170. The maximum atomic E-state index is 13.0. The molecule has 0 radical (unpaired) electrons. The van der Waals surface area contributed by atoms with E-state index in [4.69, 9.17) is 17.7 Å². The van der Waals surface area contributed by atoms with E-state index in [1.54, 1.807) is 0 Å². The van der Waals surface area contributed by atoms with Crippen molar-refractivity contribution in [3.05, 3.63) is 95.5 Å². The molecule has 406 valence electrons. The number of hydrogen-bond acceptors (Lipinski definition) is 7. The largest absolute Gasteiger partial charge is 2.00 e. The van der Waals surface area contributed by atoms with E-state index in [1.165, 1.54) is 72.1 Å². The molecule has 0 aromatic heterocycles. The summed E-state index contributed by atoms with van der Waals surface area (Å²) in [6.45, 7) is 50.4. The molecule has 4 rings (SSSR count). The SMILES string of the molecule is C=C(C)[C@@H]1CCC(C)=C[C@H]1c1c(O[Si](C)(C)C)cc(CCCCC)cc1O[Si](C)(C)C.C=C(C)[C@@H]1CCC(C)=C[C@H]1c1c(O[Si](C)(C)C)cc(OS(=O)(=O)C(F)(F)F)cc1O[Si](C)(C)C.[Br-].[CH2-]CCCC.[Mg+2]. The van der Waals surface area contributed by atoms with E-state index in [-0.39, 0.29) is 69.3 Å². The second-order valence-electron chi connectivity index (χ2n) is 23.4. The van der Waals surface area contributed by atoms with Gasteiger partial charge in [-0.2, -0.15) is 28.0 Å². The molecular weight excluding hydrogens is 1080 g/mol. The van der Waals surface area contributed by atoms with Crippen LogP contribution >= 0.6 is 0 Å². The number of alkyl halides is 3. The summed E-state index contributed by atoms with van der Waals surface area (Å²) < 4.78 is 93.3. The summed E-state index contributed by atoms with van der Waals surface area (Å²) in [5.41, 5.74) is 2.63. The van der Waals surface area contributed by atoms with E-state index in [2.05, 4.69) is 116 Å². The van der Waals surface area contributed by atoms with Gasteiger partial charge in [0.25, 0.3) is 0 Å². The first kappa shape index (κ1) is 70.3. The van der Waals surface area contributed by atoms with Gasteiger partial charge in [-0.3, -0.25) is 0 Å². The molecule has 0 bridgehead atoms. The van der Waals surface area contributed by atoms with Gasteiger partial charge >= 0.3 is 38.7 Å². The normalized spacial score (nSPS) is 18.5. The fourth-order valence-electron chi connectivity index (χ4n) is 8.55. The van der Waals surface area contributed by atoms with Crippen molar-refractivity contribution in [1.29, 1.82) is 0 Å². The van der Waals surface area contributed by atoms with Gasteiger partial charge in [-0.05, 0) is 174 Å². The zero-order chi connectivity index (χ0) is 53.8. The molecule has 4 atom stereocenters. The minimum absolute atomic E-state index is 0. The molecule has 0 unspecified atom stereocenters. The van der Waals surface area contributed by atoms with Crippen molar-refractivity contribution in [3.8, 4) is 28.7 Å². The van der Waals surface area contributed by atoms with E-state index in [9.17, 15) is 21.6 Å². The quantitative estimate of drug-likeness (QED) is 0.0326. The second kappa shape index (κ2) is 29.7. The summed E-state index contributed by atoms with van der Waals surface area (Å²) >= 11 is 0. The smallest absolute Gasteiger partial charge is 1.00 e. The van der Waals surface area contributed by atoms with Crippen molar-refractivity contribution in [2.45, 2.75) is 208 Å². The Hall–Kier alpha value is -1.75. The van der Waals surface area contributed by atoms with E-state index in [1.807, 2.05) is 53.1 Å². The van der Waals surface area contributed by atoms with E-state index >= 15 is 0 Å². The average molecular weight is 1170 g/mol. The maximum absolute atomic E-state index is 13.0. The van der Waals surface area contributed by atoms with Crippen molar-refractivity contribution >= 4 is 66.4 Å². The monoisotopic (exact) mass is 1170 g/mol. The zero-order valence-electron chi connectivity index (χ0n) is 47.7. The van der Waals surface area contributed by atoms with Crippen molar-refractivity contribution in [3.63, 3.8) is 0 Å². The molecule has 2 aromatic rings. The fourth-order valence-corrected chi connectivity index (χ4v) is 12.3. The number of allylic oxidation sites excluding steroid dienone is 6. The Kier molecular flexibility index (Phi) is 29.0. The second-order valence-corrected chi connectivity index (χ2v) is 42.7. The molecule has 0 saturated heterocycles. The van der Waals surface area contributed by atoms with Crippen LogP contribution in [0.15, 0.2) is 71.9 Å². The van der Waals surface area contributed by atoms with Crippen LogP contribution < -0.4 is 38.9 Å². The van der Waals surface area contributed by atoms with Crippen molar-refractivity contribution in [1.82, 2.24) is 0 Å². The molecule has 0 aliphatic heterocycles. The molecule has 2 aliphatic carbocycles. The molecule has 2 aliphatic rings. The van der Waals surface area contributed by atoms with Crippen LogP contribution in [0.3, 0.4) is 0 Å². The summed E-state index contributed by atoms with van der Waals surface area (Å²) in [7, 11) is -14.0. The molecule has 17 heteroatoms. The van der Waals surface area contributed by atoms with Gasteiger partial charge in [0.2, 0.25) is 33.3 Å². The maximum Gasteiger partial charge on any atom is 2.00 e. The Balaban J connectivity index is 0.00000125. The minimum Gasteiger partial charge on any atom is -1.00 e. The van der Waals surface area contributed by atoms with Crippen LogP contribution in [0.5, 0.6) is 28.7 Å². The molecule has 0 heterocycles. The molecule has 0 N–H and O–H groups in total. The minimum atomic E-state index is -5.86. The van der Waals surface area contributed by atoms with Crippen molar-refractivity contribution in [2.75, 3.05) is 0 Å². The Morgan fingerprint density at radius 2 is 0.972 bits per heavy atom. The van der Waals surface area contributed by atoms with Crippen molar-refractivity contribution < 1.29 is 60.5 Å². The van der Waals surface area contributed by atoms with Crippen LogP contribution in [0.4, 0.5) is 13.2 Å².